The zero-order chi connectivity index (χ0) is 12.1. The normalized spacial score (nSPS) is 24.9. The third-order valence-corrected chi connectivity index (χ3v) is 3.54. The fraction of sp³-hybridized carbons (Fsp3) is 0.833. The Kier molecular flexibility index (Phi) is 4.36. The van der Waals surface area contributed by atoms with Gasteiger partial charge in [0, 0.05) is 25.0 Å². The van der Waals surface area contributed by atoms with Gasteiger partial charge in [0.15, 0.2) is 0 Å². The number of rotatable bonds is 5. The van der Waals surface area contributed by atoms with E-state index in [9.17, 15) is 9.59 Å². The summed E-state index contributed by atoms with van der Waals surface area (Å²) in [5.74, 6) is 0.117. The van der Waals surface area contributed by atoms with Crippen LogP contribution in [0.15, 0.2) is 0 Å². The SMILES string of the molecule is O=C(CNC1CCCC1)NCC1CCC(=O)N1. The van der Waals surface area contributed by atoms with E-state index in [1.54, 1.807) is 0 Å². The van der Waals surface area contributed by atoms with Crippen LogP contribution in [0, 0.1) is 0 Å². The highest BCUT2D eigenvalue weighted by atomic mass is 16.2. The van der Waals surface area contributed by atoms with Gasteiger partial charge in [-0.3, -0.25) is 9.59 Å². The van der Waals surface area contributed by atoms with Crippen LogP contribution in [0.25, 0.3) is 0 Å². The third-order valence-electron chi connectivity index (χ3n) is 3.54. The lowest BCUT2D eigenvalue weighted by Crippen LogP contribution is -2.43. The Hall–Kier alpha value is -1.10. The van der Waals surface area contributed by atoms with Crippen molar-refractivity contribution >= 4 is 11.8 Å². The molecule has 0 aromatic heterocycles. The van der Waals surface area contributed by atoms with Crippen LogP contribution in [0.2, 0.25) is 0 Å². The second-order valence-electron chi connectivity index (χ2n) is 4.97. The predicted molar refractivity (Wildman–Crippen MR) is 64.4 cm³/mol. The zero-order valence-electron chi connectivity index (χ0n) is 10.1. The topological polar surface area (TPSA) is 70.2 Å². The van der Waals surface area contributed by atoms with Crippen molar-refractivity contribution in [3.05, 3.63) is 0 Å². The molecule has 2 fully saturated rings. The number of carbonyl (C=O) groups is 2. The maximum atomic E-state index is 11.6. The molecule has 0 spiro atoms. The lowest BCUT2D eigenvalue weighted by molar-refractivity contribution is -0.121. The summed E-state index contributed by atoms with van der Waals surface area (Å²) < 4.78 is 0. The van der Waals surface area contributed by atoms with Gasteiger partial charge in [0.05, 0.1) is 6.54 Å². The van der Waals surface area contributed by atoms with E-state index in [2.05, 4.69) is 16.0 Å². The van der Waals surface area contributed by atoms with Gasteiger partial charge in [0.25, 0.3) is 0 Å². The molecule has 5 nitrogen and oxygen atoms in total. The summed E-state index contributed by atoms with van der Waals surface area (Å²) in [5.41, 5.74) is 0. The smallest absolute Gasteiger partial charge is 0.234 e. The minimum absolute atomic E-state index is 0.0260. The van der Waals surface area contributed by atoms with E-state index < -0.39 is 0 Å². The summed E-state index contributed by atoms with van der Waals surface area (Å²) >= 11 is 0. The summed E-state index contributed by atoms with van der Waals surface area (Å²) in [5, 5.41) is 8.95. The summed E-state index contributed by atoms with van der Waals surface area (Å²) in [4.78, 5) is 22.5. The Morgan fingerprint density at radius 1 is 1.29 bits per heavy atom. The van der Waals surface area contributed by atoms with Gasteiger partial charge < -0.3 is 16.0 Å². The predicted octanol–water partition coefficient (Wildman–Crippen LogP) is -0.0866. The average molecular weight is 239 g/mol. The van der Waals surface area contributed by atoms with Crippen molar-refractivity contribution in [1.82, 2.24) is 16.0 Å². The number of hydrogen-bond donors (Lipinski definition) is 3. The Morgan fingerprint density at radius 2 is 2.06 bits per heavy atom. The highest BCUT2D eigenvalue weighted by Crippen LogP contribution is 2.17. The minimum Gasteiger partial charge on any atom is -0.353 e. The maximum absolute atomic E-state index is 11.6. The van der Waals surface area contributed by atoms with Crippen LogP contribution in [-0.2, 0) is 9.59 Å². The Bertz CT molecular complexity index is 287. The van der Waals surface area contributed by atoms with E-state index in [0.29, 0.717) is 25.6 Å². The van der Waals surface area contributed by atoms with Crippen LogP contribution in [0.5, 0.6) is 0 Å². The lowest BCUT2D eigenvalue weighted by atomic mass is 10.2. The largest absolute Gasteiger partial charge is 0.353 e. The molecule has 1 saturated heterocycles. The van der Waals surface area contributed by atoms with E-state index in [0.717, 1.165) is 6.42 Å². The number of carbonyl (C=O) groups excluding carboxylic acids is 2. The summed E-state index contributed by atoms with van der Waals surface area (Å²) in [6.45, 7) is 0.947. The van der Waals surface area contributed by atoms with E-state index in [4.69, 9.17) is 0 Å². The van der Waals surface area contributed by atoms with Crippen molar-refractivity contribution in [2.24, 2.45) is 0 Å². The Balaban J connectivity index is 1.55. The first kappa shape index (κ1) is 12.4. The summed E-state index contributed by atoms with van der Waals surface area (Å²) in [6, 6.07) is 0.643. The van der Waals surface area contributed by atoms with Crippen molar-refractivity contribution in [3.63, 3.8) is 0 Å². The van der Waals surface area contributed by atoms with Crippen LogP contribution in [-0.4, -0.2) is 37.0 Å². The third kappa shape index (κ3) is 4.00. The van der Waals surface area contributed by atoms with E-state index >= 15 is 0 Å². The molecular formula is C12H21N3O2. The molecule has 96 valence electrons. The quantitative estimate of drug-likeness (QED) is 0.628. The molecule has 17 heavy (non-hydrogen) atoms. The van der Waals surface area contributed by atoms with Gasteiger partial charge in [-0.15, -0.1) is 0 Å². The maximum Gasteiger partial charge on any atom is 0.234 e. The second kappa shape index (κ2) is 6.00. The summed E-state index contributed by atoms with van der Waals surface area (Å²) in [7, 11) is 0. The fourth-order valence-corrected chi connectivity index (χ4v) is 2.50. The van der Waals surface area contributed by atoms with Crippen molar-refractivity contribution in [1.29, 1.82) is 0 Å². The van der Waals surface area contributed by atoms with Gasteiger partial charge in [-0.25, -0.2) is 0 Å². The van der Waals surface area contributed by atoms with Crippen molar-refractivity contribution in [3.8, 4) is 0 Å². The molecule has 5 heteroatoms. The number of nitrogens with one attached hydrogen (secondary N) is 3. The molecule has 1 atom stereocenters. The molecular weight excluding hydrogens is 218 g/mol. The number of hydrogen-bond acceptors (Lipinski definition) is 3. The molecule has 0 aromatic carbocycles. The molecule has 3 N–H and O–H groups in total. The van der Waals surface area contributed by atoms with Crippen molar-refractivity contribution in [2.75, 3.05) is 13.1 Å². The summed E-state index contributed by atoms with van der Waals surface area (Å²) in [6.07, 6.45) is 6.33. The lowest BCUT2D eigenvalue weighted by Gasteiger charge is -2.14. The molecule has 0 bridgehead atoms. The number of amides is 2. The van der Waals surface area contributed by atoms with Crippen molar-refractivity contribution < 1.29 is 9.59 Å². The van der Waals surface area contributed by atoms with Gasteiger partial charge in [-0.05, 0) is 19.3 Å². The molecule has 1 unspecified atom stereocenters. The molecule has 1 saturated carbocycles. The van der Waals surface area contributed by atoms with Crippen LogP contribution >= 0.6 is 0 Å². The standard InChI is InChI=1S/C12H21N3O2/c16-11-6-5-10(15-11)7-14-12(17)8-13-9-3-1-2-4-9/h9-10,13H,1-8H2,(H,14,17)(H,15,16). The fourth-order valence-electron chi connectivity index (χ4n) is 2.50. The molecule has 0 radical (unpaired) electrons. The van der Waals surface area contributed by atoms with Gasteiger partial charge >= 0.3 is 0 Å². The Morgan fingerprint density at radius 3 is 2.71 bits per heavy atom. The van der Waals surface area contributed by atoms with Crippen LogP contribution < -0.4 is 16.0 Å². The van der Waals surface area contributed by atoms with Crippen LogP contribution in [0.4, 0.5) is 0 Å². The van der Waals surface area contributed by atoms with E-state index in [1.807, 2.05) is 0 Å². The first-order valence-corrected chi connectivity index (χ1v) is 6.53. The highest BCUT2D eigenvalue weighted by molar-refractivity contribution is 5.79. The molecule has 0 aromatic rings. The van der Waals surface area contributed by atoms with Gasteiger partial charge in [0.2, 0.25) is 11.8 Å². The molecule has 1 heterocycles. The molecule has 1 aliphatic heterocycles. The van der Waals surface area contributed by atoms with Gasteiger partial charge in [0.1, 0.15) is 0 Å². The highest BCUT2D eigenvalue weighted by Gasteiger charge is 2.21. The molecule has 2 amide bonds. The first-order chi connectivity index (χ1) is 8.24. The first-order valence-electron chi connectivity index (χ1n) is 6.53. The van der Waals surface area contributed by atoms with Crippen LogP contribution in [0.3, 0.4) is 0 Å². The van der Waals surface area contributed by atoms with Crippen LogP contribution in [0.1, 0.15) is 38.5 Å². The van der Waals surface area contributed by atoms with Gasteiger partial charge in [-0.1, -0.05) is 12.8 Å². The monoisotopic (exact) mass is 239 g/mol. The van der Waals surface area contributed by atoms with E-state index in [1.165, 1.54) is 25.7 Å². The zero-order valence-corrected chi connectivity index (χ0v) is 10.1. The van der Waals surface area contributed by atoms with Crippen molar-refractivity contribution in [2.45, 2.75) is 50.6 Å². The minimum atomic E-state index is 0.0260. The average Bonchev–Trinajstić information content (AvgIpc) is 2.95. The molecule has 2 rings (SSSR count). The van der Waals surface area contributed by atoms with E-state index in [-0.39, 0.29) is 17.9 Å². The Labute approximate surface area is 102 Å². The molecule has 2 aliphatic rings. The second-order valence-corrected chi connectivity index (χ2v) is 4.97. The molecule has 1 aliphatic carbocycles. The van der Waals surface area contributed by atoms with Gasteiger partial charge in [-0.2, -0.15) is 0 Å².